The highest BCUT2D eigenvalue weighted by atomic mass is 32.1. The van der Waals surface area contributed by atoms with E-state index in [0.717, 1.165) is 43.4 Å². The van der Waals surface area contributed by atoms with Crippen LogP contribution in [0.2, 0.25) is 0 Å². The summed E-state index contributed by atoms with van der Waals surface area (Å²) >= 11 is 3.37. The van der Waals surface area contributed by atoms with E-state index in [1.165, 1.54) is 5.56 Å². The normalized spacial score (nSPS) is 15.3. The molecule has 26 heavy (non-hydrogen) atoms. The summed E-state index contributed by atoms with van der Waals surface area (Å²) in [6.07, 6.45) is 0. The van der Waals surface area contributed by atoms with Crippen molar-refractivity contribution in [1.29, 1.82) is 0 Å². The molecule has 0 unspecified atom stereocenters. The summed E-state index contributed by atoms with van der Waals surface area (Å²) in [6, 6.07) is 9.07. The van der Waals surface area contributed by atoms with Gasteiger partial charge in [-0.25, -0.2) is 4.98 Å². The van der Waals surface area contributed by atoms with Crippen LogP contribution in [-0.2, 0) is 6.54 Å². The fourth-order valence-electron chi connectivity index (χ4n) is 3.16. The number of para-hydroxylation sites is 2. The number of thiophene rings is 1. The van der Waals surface area contributed by atoms with Crippen molar-refractivity contribution in [2.75, 3.05) is 31.1 Å². The maximum absolute atomic E-state index is 11.2. The number of rotatable bonds is 5. The number of thiazole rings is 1. The minimum atomic E-state index is -0.303. The number of nitro groups is 1. The second-order valence-corrected chi connectivity index (χ2v) is 7.80. The van der Waals surface area contributed by atoms with Crippen LogP contribution in [0.15, 0.2) is 46.5 Å². The monoisotopic (exact) mass is 386 g/mol. The molecule has 4 rings (SSSR count). The largest absolute Gasteiger partial charge is 0.363 e. The minimum Gasteiger partial charge on any atom is -0.363 e. The highest BCUT2D eigenvalue weighted by Crippen LogP contribution is 2.29. The molecule has 3 aromatic rings. The number of anilines is 1. The van der Waals surface area contributed by atoms with E-state index in [-0.39, 0.29) is 10.6 Å². The molecule has 0 amide bonds. The minimum absolute atomic E-state index is 0.181. The first-order valence-corrected chi connectivity index (χ1v) is 10.2. The molecule has 6 nitrogen and oxygen atoms in total. The van der Waals surface area contributed by atoms with Crippen LogP contribution < -0.4 is 4.90 Å². The van der Waals surface area contributed by atoms with Gasteiger partial charge in [-0.1, -0.05) is 12.1 Å². The van der Waals surface area contributed by atoms with Crippen LogP contribution in [0.25, 0.3) is 10.6 Å². The average molecular weight is 387 g/mol. The number of nitrogens with zero attached hydrogens (tertiary/aromatic N) is 4. The average Bonchev–Trinajstić information content (AvgIpc) is 3.34. The molecule has 8 heteroatoms. The van der Waals surface area contributed by atoms with Gasteiger partial charge in [0.1, 0.15) is 10.7 Å². The number of hydrogen-bond donors (Lipinski definition) is 0. The summed E-state index contributed by atoms with van der Waals surface area (Å²) in [5.41, 5.74) is 3.18. The van der Waals surface area contributed by atoms with Gasteiger partial charge in [-0.15, -0.1) is 11.3 Å². The Hall–Kier alpha value is -2.29. The second kappa shape index (κ2) is 7.53. The van der Waals surface area contributed by atoms with Gasteiger partial charge in [0.15, 0.2) is 0 Å². The van der Waals surface area contributed by atoms with Crippen LogP contribution >= 0.6 is 22.7 Å². The third kappa shape index (κ3) is 3.62. The zero-order valence-corrected chi connectivity index (χ0v) is 15.7. The Morgan fingerprint density at radius 2 is 1.92 bits per heavy atom. The van der Waals surface area contributed by atoms with Crippen molar-refractivity contribution in [2.24, 2.45) is 0 Å². The van der Waals surface area contributed by atoms with E-state index in [1.54, 1.807) is 34.8 Å². The summed E-state index contributed by atoms with van der Waals surface area (Å²) in [5.74, 6) is 0. The molecule has 0 saturated carbocycles. The molecule has 0 atom stereocenters. The molecule has 1 saturated heterocycles. The summed E-state index contributed by atoms with van der Waals surface area (Å²) in [7, 11) is 0. The molecule has 1 aromatic carbocycles. The molecular formula is C18H18N4O2S2. The van der Waals surface area contributed by atoms with E-state index in [4.69, 9.17) is 4.98 Å². The molecule has 1 aliphatic heterocycles. The summed E-state index contributed by atoms with van der Waals surface area (Å²) in [6.45, 7) is 4.14. The quantitative estimate of drug-likeness (QED) is 0.488. The maximum Gasteiger partial charge on any atom is 0.292 e. The van der Waals surface area contributed by atoms with Gasteiger partial charge in [0.25, 0.3) is 5.69 Å². The molecular weight excluding hydrogens is 368 g/mol. The molecule has 3 heterocycles. The molecule has 0 radical (unpaired) electrons. The lowest BCUT2D eigenvalue weighted by Gasteiger charge is -2.35. The van der Waals surface area contributed by atoms with Crippen molar-refractivity contribution in [3.63, 3.8) is 0 Å². The number of hydrogen-bond acceptors (Lipinski definition) is 7. The fourth-order valence-corrected chi connectivity index (χ4v) is 4.68. The first-order chi connectivity index (χ1) is 12.7. The molecule has 0 N–H and O–H groups in total. The van der Waals surface area contributed by atoms with Crippen molar-refractivity contribution < 1.29 is 4.92 Å². The SMILES string of the molecule is O=[N+]([O-])c1ccccc1N1CCN(Cc2csc(-c3ccsc3)n2)CC1. The van der Waals surface area contributed by atoms with Crippen LogP contribution in [0.1, 0.15) is 5.69 Å². The van der Waals surface area contributed by atoms with E-state index in [9.17, 15) is 10.1 Å². The molecule has 134 valence electrons. The Morgan fingerprint density at radius 1 is 1.12 bits per heavy atom. The molecule has 0 aliphatic carbocycles. The fraction of sp³-hybridized carbons (Fsp3) is 0.278. The highest BCUT2D eigenvalue weighted by Gasteiger charge is 2.23. The Labute approximate surface area is 159 Å². The van der Waals surface area contributed by atoms with E-state index in [0.29, 0.717) is 5.69 Å². The van der Waals surface area contributed by atoms with Crippen molar-refractivity contribution >= 4 is 34.0 Å². The van der Waals surface area contributed by atoms with Crippen LogP contribution in [0.3, 0.4) is 0 Å². The van der Waals surface area contributed by atoms with E-state index < -0.39 is 0 Å². The zero-order chi connectivity index (χ0) is 17.9. The number of piperazine rings is 1. The van der Waals surface area contributed by atoms with Crippen molar-refractivity contribution in [1.82, 2.24) is 9.88 Å². The van der Waals surface area contributed by atoms with Gasteiger partial charge >= 0.3 is 0 Å². The summed E-state index contributed by atoms with van der Waals surface area (Å²) < 4.78 is 0. The van der Waals surface area contributed by atoms with Gasteiger partial charge in [-0.3, -0.25) is 15.0 Å². The summed E-state index contributed by atoms with van der Waals surface area (Å²) in [5, 5.41) is 18.6. The predicted octanol–water partition coefficient (Wildman–Crippen LogP) is 4.10. The smallest absolute Gasteiger partial charge is 0.292 e. The Bertz CT molecular complexity index is 886. The van der Waals surface area contributed by atoms with Gasteiger partial charge in [0, 0.05) is 55.1 Å². The standard InChI is InChI=1S/C18H18N4O2S2/c23-22(24)17-4-2-1-3-16(17)21-8-6-20(7-9-21)11-15-13-26-18(19-15)14-5-10-25-12-14/h1-5,10,12-13H,6-9,11H2. The lowest BCUT2D eigenvalue weighted by atomic mass is 10.2. The van der Waals surface area contributed by atoms with Gasteiger partial charge < -0.3 is 4.90 Å². The molecule has 0 spiro atoms. The highest BCUT2D eigenvalue weighted by molar-refractivity contribution is 7.14. The Kier molecular flexibility index (Phi) is 4.96. The zero-order valence-electron chi connectivity index (χ0n) is 14.1. The van der Waals surface area contributed by atoms with Crippen LogP contribution in [0.4, 0.5) is 11.4 Å². The van der Waals surface area contributed by atoms with E-state index in [1.807, 2.05) is 12.1 Å². The van der Waals surface area contributed by atoms with Gasteiger partial charge in [-0.05, 0) is 17.5 Å². The molecule has 2 aromatic heterocycles. The van der Waals surface area contributed by atoms with E-state index in [2.05, 4.69) is 32.0 Å². The van der Waals surface area contributed by atoms with Crippen LogP contribution in [0.5, 0.6) is 0 Å². The third-order valence-corrected chi connectivity index (χ3v) is 6.12. The van der Waals surface area contributed by atoms with Gasteiger partial charge in [0.05, 0.1) is 10.6 Å². The lowest BCUT2D eigenvalue weighted by molar-refractivity contribution is -0.384. The van der Waals surface area contributed by atoms with Gasteiger partial charge in [-0.2, -0.15) is 11.3 Å². The lowest BCUT2D eigenvalue weighted by Crippen LogP contribution is -2.46. The number of aromatic nitrogens is 1. The van der Waals surface area contributed by atoms with Crippen molar-refractivity contribution in [3.8, 4) is 10.6 Å². The Balaban J connectivity index is 1.38. The van der Waals surface area contributed by atoms with Gasteiger partial charge in [0.2, 0.25) is 0 Å². The first kappa shape index (κ1) is 17.1. The van der Waals surface area contributed by atoms with E-state index >= 15 is 0 Å². The third-order valence-electron chi connectivity index (χ3n) is 4.50. The summed E-state index contributed by atoms with van der Waals surface area (Å²) in [4.78, 5) is 20.1. The van der Waals surface area contributed by atoms with Crippen molar-refractivity contribution in [2.45, 2.75) is 6.54 Å². The molecule has 1 aliphatic rings. The molecule has 1 fully saturated rings. The van der Waals surface area contributed by atoms with Crippen LogP contribution in [0, 0.1) is 10.1 Å². The molecule has 0 bridgehead atoms. The van der Waals surface area contributed by atoms with Crippen LogP contribution in [-0.4, -0.2) is 41.0 Å². The number of nitro benzene ring substituents is 1. The number of benzene rings is 1. The predicted molar refractivity (Wildman–Crippen MR) is 106 cm³/mol. The maximum atomic E-state index is 11.2. The Morgan fingerprint density at radius 3 is 2.65 bits per heavy atom. The second-order valence-electron chi connectivity index (χ2n) is 6.17. The van der Waals surface area contributed by atoms with Crippen molar-refractivity contribution in [3.05, 3.63) is 62.3 Å². The first-order valence-electron chi connectivity index (χ1n) is 8.38. The topological polar surface area (TPSA) is 62.5 Å².